The summed E-state index contributed by atoms with van der Waals surface area (Å²) in [5.41, 5.74) is 0. The van der Waals surface area contributed by atoms with Gasteiger partial charge < -0.3 is 50.5 Å². The van der Waals surface area contributed by atoms with Crippen molar-refractivity contribution in [1.82, 2.24) is 5.32 Å². The molecule has 1 heterocycles. The molecule has 1 aliphatic rings. The van der Waals surface area contributed by atoms with Gasteiger partial charge in [-0.15, -0.1) is 0 Å². The van der Waals surface area contributed by atoms with Crippen LogP contribution < -0.4 is 5.32 Å². The monoisotopic (exact) mass is 1210 g/mol. The number of hydrogen-bond acceptors (Lipinski definition) is 10. The van der Waals surface area contributed by atoms with E-state index in [1.807, 2.05) is 0 Å². The molecule has 9 unspecified atom stereocenters. The molecule has 0 bridgehead atoms. The lowest BCUT2D eigenvalue weighted by molar-refractivity contribution is -0.303. The zero-order chi connectivity index (χ0) is 61.7. The maximum Gasteiger partial charge on any atom is 0.249 e. The molecular formula is C74H145NO10. The number of carbonyl (C=O) groups excluding carboxylic acids is 1. The Bertz CT molecular complexity index is 1390. The Labute approximate surface area is 525 Å². The van der Waals surface area contributed by atoms with E-state index in [1.54, 1.807) is 0 Å². The summed E-state index contributed by atoms with van der Waals surface area (Å²) >= 11 is 0. The van der Waals surface area contributed by atoms with Crippen molar-refractivity contribution in [2.75, 3.05) is 13.2 Å². The molecule has 0 aliphatic carbocycles. The predicted molar refractivity (Wildman–Crippen MR) is 358 cm³/mol. The van der Waals surface area contributed by atoms with Crippen LogP contribution in [0.1, 0.15) is 386 Å². The Hall–Kier alpha value is -1.15. The minimum absolute atomic E-state index is 0.260. The first-order valence-corrected chi connectivity index (χ1v) is 37.6. The molecule has 1 saturated heterocycles. The van der Waals surface area contributed by atoms with Crippen molar-refractivity contribution in [3.8, 4) is 0 Å². The van der Waals surface area contributed by atoms with Crippen LogP contribution in [0, 0.1) is 0 Å². The lowest BCUT2D eigenvalue weighted by Gasteiger charge is -2.40. The molecule has 1 aliphatic heterocycles. The molecule has 11 nitrogen and oxygen atoms in total. The van der Waals surface area contributed by atoms with E-state index in [-0.39, 0.29) is 12.8 Å². The molecule has 0 radical (unpaired) electrons. The smallest absolute Gasteiger partial charge is 0.249 e. The van der Waals surface area contributed by atoms with Crippen LogP contribution in [-0.2, 0) is 14.3 Å². The fraction of sp³-hybridized carbons (Fsp3) is 0.959. The van der Waals surface area contributed by atoms with E-state index < -0.39 is 74.2 Å². The second kappa shape index (κ2) is 63.0. The molecule has 11 heteroatoms. The van der Waals surface area contributed by atoms with Gasteiger partial charge in [-0.3, -0.25) is 4.79 Å². The number of hydrogen-bond donors (Lipinski definition) is 8. The molecule has 0 aromatic carbocycles. The van der Waals surface area contributed by atoms with E-state index in [0.717, 1.165) is 38.5 Å². The topological polar surface area (TPSA) is 189 Å². The first kappa shape index (κ1) is 81.9. The van der Waals surface area contributed by atoms with Crippen molar-refractivity contribution in [2.45, 2.75) is 441 Å². The molecule has 0 aromatic heterocycles. The summed E-state index contributed by atoms with van der Waals surface area (Å²) in [6, 6.07) is -1.18. The molecule has 1 rings (SSSR count). The van der Waals surface area contributed by atoms with Crippen LogP contribution in [0.25, 0.3) is 0 Å². The Morgan fingerprint density at radius 1 is 0.400 bits per heavy atom. The van der Waals surface area contributed by atoms with Crippen LogP contribution >= 0.6 is 0 Å². The van der Waals surface area contributed by atoms with Crippen molar-refractivity contribution >= 4 is 5.91 Å². The average Bonchev–Trinajstić information content (AvgIpc) is 3.67. The maximum atomic E-state index is 13.3. The summed E-state index contributed by atoms with van der Waals surface area (Å²) in [4.78, 5) is 13.3. The van der Waals surface area contributed by atoms with Gasteiger partial charge in [-0.25, -0.2) is 0 Å². The SMILES string of the molecule is CCCCCCCCCCCCCCCCC/C=C/CCCC(O)C(O)C(COC1OC(CO)C(O)C(O)C1O)NC(=O)C(O)CCCCCCCCCCCCCCCCCCCCCCCCCCCCCCCCCCCCCCCC. The zero-order valence-corrected chi connectivity index (χ0v) is 56.1. The Morgan fingerprint density at radius 3 is 1.01 bits per heavy atom. The molecule has 0 spiro atoms. The van der Waals surface area contributed by atoms with Gasteiger partial charge >= 0.3 is 0 Å². The number of rotatable bonds is 67. The quantitative estimate of drug-likeness (QED) is 0.0215. The number of ether oxygens (including phenoxy) is 2. The Balaban J connectivity index is 2.11. The summed E-state index contributed by atoms with van der Waals surface area (Å²) in [6.45, 7) is 3.51. The number of amides is 1. The first-order chi connectivity index (χ1) is 41.7. The largest absolute Gasteiger partial charge is 0.394 e. The summed E-state index contributed by atoms with van der Waals surface area (Å²) in [5, 5.41) is 76.5. The average molecular weight is 1210 g/mol. The van der Waals surface area contributed by atoms with E-state index in [0.29, 0.717) is 12.8 Å². The standard InChI is InChI=1S/C74H145NO10/c1-3-5-7-9-11-13-15-17-19-21-23-25-26-27-28-29-30-31-32-33-34-35-36-37-38-39-40-41-42-44-46-48-50-52-54-56-58-60-62-67(78)73(83)75-65(64-84-74-72(82)71(81)70(80)68(63-76)85-74)69(79)66(77)61-59-57-55-53-51-49-47-45-43-24-22-20-18-16-14-12-10-8-6-4-2/h53,55,65-72,74,76-82H,3-52,54,56-64H2,1-2H3,(H,75,83)/b55-53+. The summed E-state index contributed by atoms with van der Waals surface area (Å²) in [7, 11) is 0. The number of aliphatic hydroxyl groups is 7. The second-order valence-corrected chi connectivity index (χ2v) is 26.7. The fourth-order valence-corrected chi connectivity index (χ4v) is 12.6. The Kier molecular flexibility index (Phi) is 60.7. The number of aliphatic hydroxyl groups excluding tert-OH is 7. The second-order valence-electron chi connectivity index (χ2n) is 26.7. The van der Waals surface area contributed by atoms with Gasteiger partial charge in [0.15, 0.2) is 6.29 Å². The van der Waals surface area contributed by atoms with Gasteiger partial charge in [-0.2, -0.15) is 0 Å². The summed E-state index contributed by atoms with van der Waals surface area (Å²) in [5.74, 6) is -0.697. The van der Waals surface area contributed by atoms with Gasteiger partial charge in [-0.05, 0) is 38.5 Å². The minimum Gasteiger partial charge on any atom is -0.394 e. The third-order valence-electron chi connectivity index (χ3n) is 18.6. The number of nitrogens with one attached hydrogen (secondary N) is 1. The highest BCUT2D eigenvalue weighted by Crippen LogP contribution is 2.24. The van der Waals surface area contributed by atoms with Crippen LogP contribution in [0.3, 0.4) is 0 Å². The van der Waals surface area contributed by atoms with E-state index in [4.69, 9.17) is 9.47 Å². The van der Waals surface area contributed by atoms with E-state index in [2.05, 4.69) is 31.3 Å². The highest BCUT2D eigenvalue weighted by molar-refractivity contribution is 5.80. The highest BCUT2D eigenvalue weighted by Gasteiger charge is 2.44. The molecule has 85 heavy (non-hydrogen) atoms. The molecule has 9 atom stereocenters. The summed E-state index contributed by atoms with van der Waals surface area (Å²) < 4.78 is 11.2. The summed E-state index contributed by atoms with van der Waals surface area (Å²) in [6.07, 6.45) is 67.6. The van der Waals surface area contributed by atoms with Crippen LogP contribution in [0.4, 0.5) is 0 Å². The van der Waals surface area contributed by atoms with Gasteiger partial charge in [0.2, 0.25) is 5.91 Å². The van der Waals surface area contributed by atoms with Gasteiger partial charge in [0.1, 0.15) is 36.6 Å². The van der Waals surface area contributed by atoms with E-state index >= 15 is 0 Å². The Morgan fingerprint density at radius 2 is 0.694 bits per heavy atom. The number of allylic oxidation sites excluding steroid dienone is 2. The van der Waals surface area contributed by atoms with Crippen LogP contribution in [0.15, 0.2) is 12.2 Å². The molecular weight excluding hydrogens is 1060 g/mol. The third kappa shape index (κ3) is 50.2. The molecule has 8 N–H and O–H groups in total. The van der Waals surface area contributed by atoms with Crippen molar-refractivity contribution in [2.24, 2.45) is 0 Å². The minimum atomic E-state index is -1.67. The van der Waals surface area contributed by atoms with Gasteiger partial charge in [0, 0.05) is 0 Å². The van der Waals surface area contributed by atoms with Crippen molar-refractivity contribution in [3.05, 3.63) is 12.2 Å². The van der Waals surface area contributed by atoms with E-state index in [1.165, 1.54) is 308 Å². The van der Waals surface area contributed by atoms with Gasteiger partial charge in [-0.1, -0.05) is 360 Å². The first-order valence-electron chi connectivity index (χ1n) is 37.6. The number of unbranched alkanes of at least 4 members (excludes halogenated alkanes) is 53. The molecule has 1 amide bonds. The van der Waals surface area contributed by atoms with Gasteiger partial charge in [0.25, 0.3) is 0 Å². The van der Waals surface area contributed by atoms with Crippen LogP contribution in [0.2, 0.25) is 0 Å². The van der Waals surface area contributed by atoms with Crippen molar-refractivity contribution in [1.29, 1.82) is 0 Å². The van der Waals surface area contributed by atoms with Crippen molar-refractivity contribution in [3.63, 3.8) is 0 Å². The van der Waals surface area contributed by atoms with Crippen LogP contribution in [0.5, 0.6) is 0 Å². The zero-order valence-electron chi connectivity index (χ0n) is 56.1. The normalized spacial score (nSPS) is 18.8. The van der Waals surface area contributed by atoms with Crippen LogP contribution in [-0.4, -0.2) is 110 Å². The molecule has 506 valence electrons. The van der Waals surface area contributed by atoms with Gasteiger partial charge in [0.05, 0.1) is 25.4 Å². The third-order valence-corrected chi connectivity index (χ3v) is 18.6. The molecule has 1 fully saturated rings. The maximum absolute atomic E-state index is 13.3. The molecule has 0 saturated carbocycles. The fourth-order valence-electron chi connectivity index (χ4n) is 12.6. The molecule has 0 aromatic rings. The number of carbonyl (C=O) groups is 1. The van der Waals surface area contributed by atoms with Crippen molar-refractivity contribution < 1.29 is 50.0 Å². The highest BCUT2D eigenvalue weighted by atomic mass is 16.7. The van der Waals surface area contributed by atoms with E-state index in [9.17, 15) is 40.5 Å². The predicted octanol–water partition coefficient (Wildman–Crippen LogP) is 18.6. The lowest BCUT2D eigenvalue weighted by Crippen LogP contribution is -2.60. The lowest BCUT2D eigenvalue weighted by atomic mass is 9.98.